The van der Waals surface area contributed by atoms with Crippen LogP contribution in [0.1, 0.15) is 0 Å². The van der Waals surface area contributed by atoms with Crippen LogP contribution in [0.2, 0.25) is 0 Å². The van der Waals surface area contributed by atoms with Crippen molar-refractivity contribution in [1.29, 1.82) is 0 Å². The highest BCUT2D eigenvalue weighted by Crippen LogP contribution is 2.53. The monoisotopic (exact) mass is 452 g/mol. The second-order valence-corrected chi connectivity index (χ2v) is 12.1. The molecule has 5 heterocycles. The minimum absolute atomic E-state index is 0.612. The Kier molecular flexibility index (Phi) is 4.53. The molecule has 11 heteroatoms. The van der Waals surface area contributed by atoms with Gasteiger partial charge in [0.1, 0.15) is 34.1 Å². The van der Waals surface area contributed by atoms with Crippen LogP contribution in [0.3, 0.4) is 0 Å². The molecule has 5 rings (SSSR count). The molecule has 126 valence electrons. The van der Waals surface area contributed by atoms with Gasteiger partial charge >= 0.3 is 0 Å². The van der Waals surface area contributed by atoms with Gasteiger partial charge in [0, 0.05) is 0 Å². The summed E-state index contributed by atoms with van der Waals surface area (Å²) in [4.78, 5) is 0. The van der Waals surface area contributed by atoms with Gasteiger partial charge in [0.2, 0.25) is 20.4 Å². The van der Waals surface area contributed by atoms with Gasteiger partial charge in [-0.15, -0.1) is 22.7 Å². The standard InChI is InChI=1S/C13H8O4S7/c18-10-5(11-20-6-7(21-11)15-2-1-14-6)19-12(24-10)13-22-8-9(23-13)17-4-3-16-8/h1-4H2. The Morgan fingerprint density at radius 1 is 0.625 bits per heavy atom. The molecule has 4 aliphatic rings. The molecule has 0 saturated heterocycles. The summed E-state index contributed by atoms with van der Waals surface area (Å²) in [5.41, 5.74) is 0. The van der Waals surface area contributed by atoms with E-state index in [0.29, 0.717) is 26.4 Å². The number of hydrogen-bond donors (Lipinski definition) is 0. The van der Waals surface area contributed by atoms with E-state index in [-0.39, 0.29) is 0 Å². The molecule has 0 fully saturated rings. The average molecular weight is 453 g/mol. The highest BCUT2D eigenvalue weighted by atomic mass is 32.2. The van der Waals surface area contributed by atoms with Crippen molar-refractivity contribution in [2.45, 2.75) is 0 Å². The molecule has 1 aromatic rings. The number of rotatable bonds is 0. The van der Waals surface area contributed by atoms with Crippen molar-refractivity contribution in [3.8, 4) is 0 Å². The summed E-state index contributed by atoms with van der Waals surface area (Å²) in [6, 6.07) is 0. The molecule has 0 unspecified atom stereocenters. The lowest BCUT2D eigenvalue weighted by molar-refractivity contribution is 0.0949. The number of thioether (sulfide) groups is 4. The first-order chi connectivity index (χ1) is 11.8. The highest BCUT2D eigenvalue weighted by molar-refractivity contribution is 8.36. The van der Waals surface area contributed by atoms with E-state index in [9.17, 15) is 0 Å². The molecule has 0 bridgehead atoms. The summed E-state index contributed by atoms with van der Waals surface area (Å²) < 4.78 is 28.2. The second kappa shape index (κ2) is 6.67. The molecule has 0 aromatic carbocycles. The second-order valence-electron chi connectivity index (χ2n) is 4.64. The topological polar surface area (TPSA) is 36.9 Å². The summed E-state index contributed by atoms with van der Waals surface area (Å²) in [6.07, 6.45) is 0. The van der Waals surface area contributed by atoms with Crippen molar-refractivity contribution in [3.05, 3.63) is 32.6 Å². The van der Waals surface area contributed by atoms with Gasteiger partial charge in [-0.05, 0) is 47.0 Å². The third kappa shape index (κ3) is 2.91. The molecule has 1 aromatic heterocycles. The van der Waals surface area contributed by atoms with E-state index in [1.165, 1.54) is 8.08 Å². The zero-order chi connectivity index (χ0) is 16.1. The van der Waals surface area contributed by atoms with Crippen LogP contribution in [0.25, 0.3) is 8.47 Å². The molecule has 0 amide bonds. The van der Waals surface area contributed by atoms with Gasteiger partial charge in [-0.1, -0.05) is 12.2 Å². The van der Waals surface area contributed by atoms with Crippen LogP contribution in [0.5, 0.6) is 0 Å². The van der Waals surface area contributed by atoms with Crippen LogP contribution in [0, 0.1) is 3.82 Å². The SMILES string of the molecule is S=c1sc(=C2SC3=C(OCCO3)S2)sc1=C1SC2=C(OCCO2)S1. The smallest absolute Gasteiger partial charge is 0.208 e. The Hall–Kier alpha value is 0.0900. The predicted octanol–water partition coefficient (Wildman–Crippen LogP) is 3.98. The van der Waals surface area contributed by atoms with Gasteiger partial charge < -0.3 is 18.9 Å². The molecule has 0 aliphatic carbocycles. The zero-order valence-electron chi connectivity index (χ0n) is 11.8. The minimum Gasteiger partial charge on any atom is -0.480 e. The fourth-order valence-electron chi connectivity index (χ4n) is 2.11. The molecule has 0 spiro atoms. The molecule has 0 N–H and O–H groups in total. The molecule has 24 heavy (non-hydrogen) atoms. The van der Waals surface area contributed by atoms with Crippen LogP contribution >= 0.6 is 81.9 Å². The number of ether oxygens (including phenoxy) is 4. The lowest BCUT2D eigenvalue weighted by Crippen LogP contribution is -2.08. The molecule has 4 aliphatic heterocycles. The van der Waals surface area contributed by atoms with E-state index in [0.717, 1.165) is 33.0 Å². The van der Waals surface area contributed by atoms with Crippen molar-refractivity contribution in [3.63, 3.8) is 0 Å². The maximum Gasteiger partial charge on any atom is 0.208 e. The van der Waals surface area contributed by atoms with Crippen molar-refractivity contribution >= 4 is 90.4 Å². The van der Waals surface area contributed by atoms with E-state index >= 15 is 0 Å². The van der Waals surface area contributed by atoms with Crippen molar-refractivity contribution in [2.75, 3.05) is 26.4 Å². The zero-order valence-corrected chi connectivity index (χ0v) is 17.5. The maximum absolute atomic E-state index is 5.66. The van der Waals surface area contributed by atoms with Crippen molar-refractivity contribution in [2.24, 2.45) is 0 Å². The van der Waals surface area contributed by atoms with E-state index in [1.807, 2.05) is 0 Å². The van der Waals surface area contributed by atoms with Crippen LogP contribution < -0.4 is 8.38 Å². The van der Waals surface area contributed by atoms with Crippen LogP contribution in [-0.2, 0) is 18.9 Å². The van der Waals surface area contributed by atoms with E-state index in [2.05, 4.69) is 0 Å². The minimum atomic E-state index is 0.612. The fourth-order valence-corrected chi connectivity index (χ4v) is 10.4. The van der Waals surface area contributed by atoms with Gasteiger partial charge in [0.05, 0.1) is 13.0 Å². The fraction of sp³-hybridized carbons (Fsp3) is 0.308. The van der Waals surface area contributed by atoms with E-state index < -0.39 is 0 Å². The molecule has 0 atom stereocenters. The normalized spacial score (nSPS) is 22.7. The molecular weight excluding hydrogens is 445 g/mol. The molecule has 4 nitrogen and oxygen atoms in total. The summed E-state index contributed by atoms with van der Waals surface area (Å²) in [5.74, 6) is 0. The Balaban J connectivity index is 1.52. The largest absolute Gasteiger partial charge is 0.480 e. The summed E-state index contributed by atoms with van der Waals surface area (Å²) in [7, 11) is 0. The average Bonchev–Trinajstić information content (AvgIpc) is 3.29. The van der Waals surface area contributed by atoms with E-state index in [4.69, 9.17) is 31.2 Å². The Morgan fingerprint density at radius 3 is 1.58 bits per heavy atom. The van der Waals surface area contributed by atoms with Gasteiger partial charge in [0.25, 0.3) is 0 Å². The highest BCUT2D eigenvalue weighted by Gasteiger charge is 2.30. The van der Waals surface area contributed by atoms with E-state index in [1.54, 1.807) is 69.7 Å². The summed E-state index contributed by atoms with van der Waals surface area (Å²) >= 11 is 15.5. The number of hydrogen-bond acceptors (Lipinski definition) is 11. The van der Waals surface area contributed by atoms with Crippen molar-refractivity contribution in [1.82, 2.24) is 0 Å². The van der Waals surface area contributed by atoms with Crippen molar-refractivity contribution < 1.29 is 18.9 Å². The molecule has 0 saturated carbocycles. The first-order valence-corrected chi connectivity index (χ1v) is 12.2. The third-order valence-corrected chi connectivity index (χ3v) is 11.6. The Morgan fingerprint density at radius 2 is 1.08 bits per heavy atom. The lowest BCUT2D eigenvalue weighted by Gasteiger charge is -2.13. The van der Waals surface area contributed by atoms with Crippen LogP contribution in [-0.4, -0.2) is 26.4 Å². The van der Waals surface area contributed by atoms with Crippen LogP contribution in [0.4, 0.5) is 0 Å². The third-order valence-electron chi connectivity index (χ3n) is 3.09. The lowest BCUT2D eigenvalue weighted by atomic mass is 10.7. The summed E-state index contributed by atoms with van der Waals surface area (Å²) in [5, 5.41) is 3.50. The Labute approximate surface area is 167 Å². The Bertz CT molecular complexity index is 914. The first-order valence-electron chi connectivity index (χ1n) is 6.87. The molecular formula is C13H8O4S7. The van der Waals surface area contributed by atoms with Gasteiger partial charge in [-0.3, -0.25) is 0 Å². The predicted molar refractivity (Wildman–Crippen MR) is 107 cm³/mol. The van der Waals surface area contributed by atoms with Gasteiger partial charge in [-0.2, -0.15) is 0 Å². The van der Waals surface area contributed by atoms with Crippen LogP contribution in [0.15, 0.2) is 20.4 Å². The summed E-state index contributed by atoms with van der Waals surface area (Å²) in [6.45, 7) is 2.46. The van der Waals surface area contributed by atoms with Gasteiger partial charge in [-0.25, -0.2) is 0 Å². The maximum atomic E-state index is 5.66. The quantitative estimate of drug-likeness (QED) is 0.543. The van der Waals surface area contributed by atoms with Gasteiger partial charge in [0.15, 0.2) is 0 Å². The molecule has 0 radical (unpaired) electrons. The first kappa shape index (κ1) is 16.3.